The molecule has 0 saturated carbocycles. The molecule has 0 aliphatic heterocycles. The summed E-state index contributed by atoms with van der Waals surface area (Å²) in [7, 11) is 1.84. The average Bonchev–Trinajstić information content (AvgIpc) is 2.45. The standard InChI is InChI=1S/C11H20N4O/c1-11(2,3)10-7(6-15(4)14-10)8(12)5-9(13)16/h6,8H,5,12H2,1-4H3,(H2,13,16)/t8-/m1/s1. The van der Waals surface area contributed by atoms with E-state index in [1.165, 1.54) is 0 Å². The second kappa shape index (κ2) is 4.25. The van der Waals surface area contributed by atoms with E-state index in [4.69, 9.17) is 11.5 Å². The van der Waals surface area contributed by atoms with Gasteiger partial charge >= 0.3 is 0 Å². The molecule has 1 aromatic rings. The lowest BCUT2D eigenvalue weighted by atomic mass is 9.87. The molecule has 0 fully saturated rings. The Kier molecular flexibility index (Phi) is 3.38. The molecule has 90 valence electrons. The van der Waals surface area contributed by atoms with Crippen molar-refractivity contribution in [2.45, 2.75) is 38.6 Å². The second-order valence-corrected chi connectivity index (χ2v) is 5.13. The third kappa shape index (κ3) is 2.82. The van der Waals surface area contributed by atoms with Crippen LogP contribution in [0.25, 0.3) is 0 Å². The number of amides is 1. The zero-order valence-corrected chi connectivity index (χ0v) is 10.3. The Morgan fingerprint density at radius 2 is 2.12 bits per heavy atom. The third-order valence-corrected chi connectivity index (χ3v) is 2.39. The summed E-state index contributed by atoms with van der Waals surface area (Å²) in [5, 5.41) is 4.39. The van der Waals surface area contributed by atoms with Gasteiger partial charge in [-0.15, -0.1) is 0 Å². The highest BCUT2D eigenvalue weighted by molar-refractivity contribution is 5.74. The molecule has 5 heteroatoms. The van der Waals surface area contributed by atoms with E-state index >= 15 is 0 Å². The van der Waals surface area contributed by atoms with Crippen molar-refractivity contribution in [1.82, 2.24) is 9.78 Å². The number of nitrogens with two attached hydrogens (primary N) is 2. The van der Waals surface area contributed by atoms with Crippen molar-refractivity contribution in [1.29, 1.82) is 0 Å². The molecule has 0 saturated heterocycles. The molecule has 1 rings (SSSR count). The molecule has 0 aliphatic carbocycles. The first kappa shape index (κ1) is 12.7. The van der Waals surface area contributed by atoms with Gasteiger partial charge in [0.1, 0.15) is 0 Å². The number of primary amides is 1. The van der Waals surface area contributed by atoms with Gasteiger partial charge in [0.25, 0.3) is 0 Å². The van der Waals surface area contributed by atoms with E-state index in [0.29, 0.717) is 0 Å². The lowest BCUT2D eigenvalue weighted by Gasteiger charge is -2.19. The minimum atomic E-state index is -0.392. The number of aromatic nitrogens is 2. The maximum Gasteiger partial charge on any atom is 0.219 e. The van der Waals surface area contributed by atoms with Crippen molar-refractivity contribution >= 4 is 5.91 Å². The van der Waals surface area contributed by atoms with Crippen LogP contribution in [0, 0.1) is 0 Å². The van der Waals surface area contributed by atoms with E-state index in [2.05, 4.69) is 25.9 Å². The van der Waals surface area contributed by atoms with Crippen molar-refractivity contribution in [2.24, 2.45) is 18.5 Å². The molecule has 1 aromatic heterocycles. The molecule has 0 aliphatic rings. The number of hydrogen-bond donors (Lipinski definition) is 2. The number of carbonyl (C=O) groups excluding carboxylic acids is 1. The maximum atomic E-state index is 10.9. The predicted octanol–water partition coefficient (Wildman–Crippen LogP) is 0.593. The van der Waals surface area contributed by atoms with Gasteiger partial charge in [0, 0.05) is 36.7 Å². The van der Waals surface area contributed by atoms with Crippen molar-refractivity contribution in [3.05, 3.63) is 17.5 Å². The first-order valence-corrected chi connectivity index (χ1v) is 5.29. The van der Waals surface area contributed by atoms with Crippen LogP contribution in [0.15, 0.2) is 6.20 Å². The van der Waals surface area contributed by atoms with E-state index in [-0.39, 0.29) is 17.9 Å². The van der Waals surface area contributed by atoms with E-state index < -0.39 is 5.91 Å². The minimum absolute atomic E-state index is 0.0914. The number of nitrogens with zero attached hydrogens (tertiary/aromatic N) is 2. The summed E-state index contributed by atoms with van der Waals surface area (Å²) in [5.41, 5.74) is 12.8. The summed E-state index contributed by atoms with van der Waals surface area (Å²) in [6, 6.07) is -0.375. The summed E-state index contributed by atoms with van der Waals surface area (Å²) in [5.74, 6) is -0.392. The average molecular weight is 224 g/mol. The van der Waals surface area contributed by atoms with Crippen molar-refractivity contribution < 1.29 is 4.79 Å². The SMILES string of the molecule is Cn1cc([C@H](N)CC(N)=O)c(C(C)(C)C)n1. The van der Waals surface area contributed by atoms with Crippen LogP contribution in [-0.2, 0) is 17.3 Å². The van der Waals surface area contributed by atoms with Crippen LogP contribution >= 0.6 is 0 Å². The lowest BCUT2D eigenvalue weighted by molar-refractivity contribution is -0.118. The topological polar surface area (TPSA) is 86.9 Å². The molecule has 0 spiro atoms. The van der Waals surface area contributed by atoms with Crippen LogP contribution in [0.2, 0.25) is 0 Å². The molecule has 0 radical (unpaired) electrons. The Hall–Kier alpha value is -1.36. The Labute approximate surface area is 95.8 Å². The van der Waals surface area contributed by atoms with Gasteiger partial charge in [-0.05, 0) is 0 Å². The molecule has 4 N–H and O–H groups in total. The minimum Gasteiger partial charge on any atom is -0.370 e. The highest BCUT2D eigenvalue weighted by atomic mass is 16.1. The quantitative estimate of drug-likeness (QED) is 0.787. The number of aryl methyl sites for hydroxylation is 1. The highest BCUT2D eigenvalue weighted by Gasteiger charge is 2.25. The van der Waals surface area contributed by atoms with Crippen LogP contribution in [-0.4, -0.2) is 15.7 Å². The van der Waals surface area contributed by atoms with Gasteiger partial charge in [0.15, 0.2) is 0 Å². The van der Waals surface area contributed by atoms with Crippen LogP contribution in [0.1, 0.15) is 44.5 Å². The van der Waals surface area contributed by atoms with Gasteiger partial charge in [0.2, 0.25) is 5.91 Å². The molecular formula is C11H20N4O. The normalized spacial score (nSPS) is 13.8. The van der Waals surface area contributed by atoms with Gasteiger partial charge < -0.3 is 11.5 Å². The van der Waals surface area contributed by atoms with Crippen LogP contribution < -0.4 is 11.5 Å². The summed E-state index contributed by atoms with van der Waals surface area (Å²) in [6.45, 7) is 6.20. The van der Waals surface area contributed by atoms with E-state index in [1.807, 2.05) is 13.2 Å². The summed E-state index contributed by atoms with van der Waals surface area (Å²) in [6.07, 6.45) is 2.00. The molecule has 1 atom stereocenters. The molecular weight excluding hydrogens is 204 g/mol. The zero-order chi connectivity index (χ0) is 12.5. The van der Waals surface area contributed by atoms with E-state index in [9.17, 15) is 4.79 Å². The fourth-order valence-electron chi connectivity index (χ4n) is 1.69. The Balaban J connectivity index is 3.08. The van der Waals surface area contributed by atoms with Gasteiger partial charge in [-0.1, -0.05) is 20.8 Å². The zero-order valence-electron chi connectivity index (χ0n) is 10.3. The fraction of sp³-hybridized carbons (Fsp3) is 0.636. The van der Waals surface area contributed by atoms with Gasteiger partial charge in [0.05, 0.1) is 5.69 Å². The Bertz CT molecular complexity index is 389. The number of carbonyl (C=O) groups is 1. The monoisotopic (exact) mass is 224 g/mol. The summed E-state index contributed by atoms with van der Waals surface area (Å²) >= 11 is 0. The second-order valence-electron chi connectivity index (χ2n) is 5.13. The first-order chi connectivity index (χ1) is 7.21. The Morgan fingerprint density at radius 3 is 2.56 bits per heavy atom. The molecule has 1 heterocycles. The van der Waals surface area contributed by atoms with Crippen LogP contribution in [0.5, 0.6) is 0 Å². The smallest absolute Gasteiger partial charge is 0.219 e. The lowest BCUT2D eigenvalue weighted by Crippen LogP contribution is -2.24. The van der Waals surface area contributed by atoms with Gasteiger partial charge in [-0.2, -0.15) is 5.10 Å². The summed E-state index contributed by atoms with van der Waals surface area (Å²) in [4.78, 5) is 10.9. The van der Waals surface area contributed by atoms with Crippen molar-refractivity contribution in [2.75, 3.05) is 0 Å². The number of rotatable bonds is 3. The molecule has 0 aromatic carbocycles. The molecule has 1 amide bonds. The fourth-order valence-corrected chi connectivity index (χ4v) is 1.69. The van der Waals surface area contributed by atoms with Crippen LogP contribution in [0.4, 0.5) is 0 Å². The number of hydrogen-bond acceptors (Lipinski definition) is 3. The molecule has 5 nitrogen and oxygen atoms in total. The Morgan fingerprint density at radius 1 is 1.56 bits per heavy atom. The van der Waals surface area contributed by atoms with E-state index in [1.54, 1.807) is 4.68 Å². The summed E-state index contributed by atoms with van der Waals surface area (Å²) < 4.78 is 1.72. The largest absolute Gasteiger partial charge is 0.370 e. The predicted molar refractivity (Wildman–Crippen MR) is 62.6 cm³/mol. The van der Waals surface area contributed by atoms with Crippen LogP contribution in [0.3, 0.4) is 0 Å². The molecule has 16 heavy (non-hydrogen) atoms. The third-order valence-electron chi connectivity index (χ3n) is 2.39. The van der Waals surface area contributed by atoms with E-state index in [0.717, 1.165) is 11.3 Å². The van der Waals surface area contributed by atoms with Crippen molar-refractivity contribution in [3.8, 4) is 0 Å². The molecule has 0 unspecified atom stereocenters. The highest BCUT2D eigenvalue weighted by Crippen LogP contribution is 2.28. The van der Waals surface area contributed by atoms with Gasteiger partial charge in [-0.3, -0.25) is 9.48 Å². The first-order valence-electron chi connectivity index (χ1n) is 5.29. The van der Waals surface area contributed by atoms with Gasteiger partial charge in [-0.25, -0.2) is 0 Å². The maximum absolute atomic E-state index is 10.9. The van der Waals surface area contributed by atoms with Crippen molar-refractivity contribution in [3.63, 3.8) is 0 Å². The molecule has 0 bridgehead atoms.